The fraction of sp³-hybridized carbons (Fsp3) is 0.200. The van der Waals surface area contributed by atoms with Gasteiger partial charge < -0.3 is 21.8 Å². The summed E-state index contributed by atoms with van der Waals surface area (Å²) < 4.78 is 14.5. The summed E-state index contributed by atoms with van der Waals surface area (Å²) in [6.07, 6.45) is 3.90. The SMILES string of the molecule is CN/C=C(\C=N)Nc1ncnc(-c2ccc([C@@H](C)N)c(Cl)c2F)n1. The second-order valence-corrected chi connectivity index (χ2v) is 5.29. The summed E-state index contributed by atoms with van der Waals surface area (Å²) >= 11 is 6.04. The quantitative estimate of drug-likeness (QED) is 0.596. The molecule has 9 heteroatoms. The number of halogens is 2. The summed E-state index contributed by atoms with van der Waals surface area (Å²) in [6.45, 7) is 1.72. The summed E-state index contributed by atoms with van der Waals surface area (Å²) in [4.78, 5) is 12.1. The third-order valence-corrected chi connectivity index (χ3v) is 3.51. The Morgan fingerprint density at radius 1 is 1.42 bits per heavy atom. The number of hydrogen-bond donors (Lipinski definition) is 4. The third kappa shape index (κ3) is 3.84. The molecule has 0 saturated heterocycles. The van der Waals surface area contributed by atoms with Gasteiger partial charge in [0, 0.05) is 25.5 Å². The zero-order valence-electron chi connectivity index (χ0n) is 13.1. The molecule has 1 aromatic heterocycles. The maximum atomic E-state index is 14.5. The van der Waals surface area contributed by atoms with Crippen molar-refractivity contribution in [3.05, 3.63) is 46.8 Å². The van der Waals surface area contributed by atoms with E-state index in [1.165, 1.54) is 12.4 Å². The number of nitrogens with zero attached hydrogens (tertiary/aromatic N) is 3. The number of nitrogens with two attached hydrogens (primary N) is 1. The van der Waals surface area contributed by atoms with E-state index in [9.17, 15) is 4.39 Å². The van der Waals surface area contributed by atoms with E-state index in [2.05, 4.69) is 25.6 Å². The molecule has 0 saturated carbocycles. The van der Waals surface area contributed by atoms with Crippen molar-refractivity contribution in [1.82, 2.24) is 20.3 Å². The highest BCUT2D eigenvalue weighted by atomic mass is 35.5. The van der Waals surface area contributed by atoms with Crippen molar-refractivity contribution in [1.29, 1.82) is 5.41 Å². The summed E-state index contributed by atoms with van der Waals surface area (Å²) in [6, 6.07) is 2.78. The molecule has 7 nitrogen and oxygen atoms in total. The van der Waals surface area contributed by atoms with Gasteiger partial charge in [-0.25, -0.2) is 14.4 Å². The molecule has 1 atom stereocenters. The van der Waals surface area contributed by atoms with E-state index in [-0.39, 0.29) is 22.4 Å². The van der Waals surface area contributed by atoms with E-state index < -0.39 is 11.9 Å². The molecule has 1 aromatic carbocycles. The monoisotopic (exact) mass is 349 g/mol. The Kier molecular flexibility index (Phi) is 5.78. The Bertz CT molecular complexity index is 776. The van der Waals surface area contributed by atoms with Crippen LogP contribution in [0.2, 0.25) is 5.02 Å². The Hall–Kier alpha value is -2.58. The van der Waals surface area contributed by atoms with Crippen LogP contribution in [0.15, 0.2) is 30.4 Å². The molecule has 0 amide bonds. The second-order valence-electron chi connectivity index (χ2n) is 4.91. The molecule has 126 valence electrons. The highest BCUT2D eigenvalue weighted by molar-refractivity contribution is 6.31. The van der Waals surface area contributed by atoms with Gasteiger partial charge in [0.1, 0.15) is 6.33 Å². The smallest absolute Gasteiger partial charge is 0.230 e. The van der Waals surface area contributed by atoms with Crippen LogP contribution < -0.4 is 16.4 Å². The van der Waals surface area contributed by atoms with E-state index in [0.717, 1.165) is 6.21 Å². The summed E-state index contributed by atoms with van der Waals surface area (Å²) in [7, 11) is 1.70. The minimum Gasteiger partial charge on any atom is -0.392 e. The average molecular weight is 350 g/mol. The largest absolute Gasteiger partial charge is 0.392 e. The Labute approximate surface area is 143 Å². The first kappa shape index (κ1) is 17.8. The maximum Gasteiger partial charge on any atom is 0.230 e. The molecule has 0 bridgehead atoms. The fourth-order valence-electron chi connectivity index (χ4n) is 1.97. The topological polar surface area (TPSA) is 113 Å². The number of nitrogens with one attached hydrogen (secondary N) is 3. The van der Waals surface area contributed by atoms with Gasteiger partial charge in [-0.15, -0.1) is 0 Å². The lowest BCUT2D eigenvalue weighted by molar-refractivity contribution is 0.625. The van der Waals surface area contributed by atoms with Crippen LogP contribution in [0.3, 0.4) is 0 Å². The highest BCUT2D eigenvalue weighted by Gasteiger charge is 2.17. The van der Waals surface area contributed by atoms with Crippen molar-refractivity contribution in [3.63, 3.8) is 0 Å². The maximum absolute atomic E-state index is 14.5. The molecule has 0 radical (unpaired) electrons. The zero-order valence-corrected chi connectivity index (χ0v) is 13.9. The first-order valence-electron chi connectivity index (χ1n) is 7.05. The molecule has 24 heavy (non-hydrogen) atoms. The van der Waals surface area contributed by atoms with Crippen LogP contribution in [-0.2, 0) is 0 Å². The van der Waals surface area contributed by atoms with E-state index in [4.69, 9.17) is 22.7 Å². The number of hydrogen-bond acceptors (Lipinski definition) is 7. The van der Waals surface area contributed by atoms with Crippen LogP contribution in [-0.4, -0.2) is 28.2 Å². The van der Waals surface area contributed by atoms with E-state index in [0.29, 0.717) is 11.3 Å². The summed E-state index contributed by atoms with van der Waals surface area (Å²) in [5, 5.41) is 12.9. The predicted octanol–water partition coefficient (Wildman–Crippen LogP) is 2.47. The number of allylic oxidation sites excluding steroid dienone is 1. The van der Waals surface area contributed by atoms with Crippen molar-refractivity contribution in [2.75, 3.05) is 12.4 Å². The van der Waals surface area contributed by atoms with E-state index >= 15 is 0 Å². The first-order chi connectivity index (χ1) is 11.5. The molecule has 5 N–H and O–H groups in total. The third-order valence-electron chi connectivity index (χ3n) is 3.13. The molecule has 2 rings (SSSR count). The van der Waals surface area contributed by atoms with Gasteiger partial charge in [-0.2, -0.15) is 4.98 Å². The lowest BCUT2D eigenvalue weighted by Gasteiger charge is -2.12. The average Bonchev–Trinajstić information content (AvgIpc) is 2.56. The number of anilines is 1. The molecule has 0 spiro atoms. The van der Waals surface area contributed by atoms with Gasteiger partial charge >= 0.3 is 0 Å². The van der Waals surface area contributed by atoms with Crippen LogP contribution in [0.5, 0.6) is 0 Å². The normalized spacial score (nSPS) is 12.6. The molecule has 0 unspecified atom stereocenters. The standard InChI is InChI=1S/C15H17ClFN7/c1-8(19)10-3-4-11(13(17)12(10)16)14-21-7-22-15(24-14)23-9(5-18)6-20-2/h3-8,18,20H,19H2,1-2H3,(H,21,22,23,24)/b9-6+,18-5?/t8-/m1/s1. The zero-order chi connectivity index (χ0) is 17.7. The van der Waals surface area contributed by atoms with Gasteiger partial charge in [0.15, 0.2) is 11.6 Å². The predicted molar refractivity (Wildman–Crippen MR) is 92.4 cm³/mol. The Balaban J connectivity index is 2.40. The Morgan fingerprint density at radius 3 is 2.79 bits per heavy atom. The van der Waals surface area contributed by atoms with Gasteiger partial charge in [-0.3, -0.25) is 0 Å². The van der Waals surface area contributed by atoms with Gasteiger partial charge in [0.25, 0.3) is 0 Å². The molecule has 0 aliphatic rings. The summed E-state index contributed by atoms with van der Waals surface area (Å²) in [5.74, 6) is -0.338. The number of rotatable bonds is 6. The number of benzene rings is 1. The Morgan fingerprint density at radius 2 is 2.17 bits per heavy atom. The molecular formula is C15H17ClFN7. The van der Waals surface area contributed by atoms with Gasteiger partial charge in [-0.05, 0) is 18.6 Å². The molecule has 0 aliphatic carbocycles. The van der Waals surface area contributed by atoms with Gasteiger partial charge in [0.05, 0.1) is 16.3 Å². The van der Waals surface area contributed by atoms with Crippen LogP contribution in [0.4, 0.5) is 10.3 Å². The lowest BCUT2D eigenvalue weighted by Crippen LogP contribution is -2.10. The molecule has 0 fully saturated rings. The van der Waals surface area contributed by atoms with Crippen molar-refractivity contribution >= 4 is 23.8 Å². The van der Waals surface area contributed by atoms with Crippen molar-refractivity contribution in [2.45, 2.75) is 13.0 Å². The van der Waals surface area contributed by atoms with Crippen LogP contribution >= 0.6 is 11.6 Å². The van der Waals surface area contributed by atoms with Crippen LogP contribution in [0, 0.1) is 11.2 Å². The van der Waals surface area contributed by atoms with E-state index in [1.54, 1.807) is 26.2 Å². The summed E-state index contributed by atoms with van der Waals surface area (Å²) in [5.41, 5.74) is 6.84. The van der Waals surface area contributed by atoms with E-state index in [1.807, 2.05) is 0 Å². The van der Waals surface area contributed by atoms with Crippen molar-refractivity contribution < 1.29 is 4.39 Å². The molecule has 2 aromatic rings. The van der Waals surface area contributed by atoms with Gasteiger partial charge in [0.2, 0.25) is 5.95 Å². The molecular weight excluding hydrogens is 333 g/mol. The van der Waals surface area contributed by atoms with Crippen molar-refractivity contribution in [2.24, 2.45) is 5.73 Å². The lowest BCUT2D eigenvalue weighted by atomic mass is 10.1. The second kappa shape index (κ2) is 7.80. The minimum atomic E-state index is -0.637. The van der Waals surface area contributed by atoms with Gasteiger partial charge in [-0.1, -0.05) is 17.7 Å². The van der Waals surface area contributed by atoms with Crippen molar-refractivity contribution in [3.8, 4) is 11.4 Å². The minimum absolute atomic E-state index is 0.0484. The fourth-order valence-corrected chi connectivity index (χ4v) is 2.31. The molecule has 1 heterocycles. The number of aromatic nitrogens is 3. The van der Waals surface area contributed by atoms with Crippen LogP contribution in [0.1, 0.15) is 18.5 Å². The first-order valence-corrected chi connectivity index (χ1v) is 7.43. The molecule has 0 aliphatic heterocycles. The highest BCUT2D eigenvalue weighted by Crippen LogP contribution is 2.31. The van der Waals surface area contributed by atoms with Crippen LogP contribution in [0.25, 0.3) is 11.4 Å².